The summed E-state index contributed by atoms with van der Waals surface area (Å²) in [5, 5.41) is 3.32. The molecule has 0 aliphatic heterocycles. The van der Waals surface area contributed by atoms with Gasteiger partial charge in [-0.15, -0.1) is 0 Å². The molecular weight excluding hydrogens is 352 g/mol. The predicted octanol–water partition coefficient (Wildman–Crippen LogP) is 3.55. The van der Waals surface area contributed by atoms with Crippen molar-refractivity contribution in [2.24, 2.45) is 4.99 Å². The molecule has 2 rings (SSSR count). The SMILES string of the molecule is CN=C(NCCc1cccc(OC)c1)N(C)Cc1ccc(OC(F)F)cc1. The molecule has 0 saturated heterocycles. The molecule has 0 bridgehead atoms. The molecule has 0 amide bonds. The number of nitrogens with zero attached hydrogens (tertiary/aromatic N) is 2. The van der Waals surface area contributed by atoms with Crippen LogP contribution in [-0.2, 0) is 13.0 Å². The summed E-state index contributed by atoms with van der Waals surface area (Å²) in [5.41, 5.74) is 2.14. The van der Waals surface area contributed by atoms with Gasteiger partial charge in [-0.05, 0) is 41.8 Å². The standard InChI is InChI=1S/C20H25F2N3O2/c1-23-20(24-12-11-15-5-4-6-18(13-15)26-3)25(2)14-16-7-9-17(10-8-16)27-19(21)22/h4-10,13,19H,11-12,14H2,1-3H3,(H,23,24). The molecule has 0 fully saturated rings. The highest BCUT2D eigenvalue weighted by Gasteiger charge is 2.08. The van der Waals surface area contributed by atoms with Crippen LogP contribution in [0.5, 0.6) is 11.5 Å². The lowest BCUT2D eigenvalue weighted by atomic mass is 10.1. The second-order valence-corrected chi connectivity index (χ2v) is 5.95. The Morgan fingerprint density at radius 3 is 2.48 bits per heavy atom. The van der Waals surface area contributed by atoms with Crippen LogP contribution in [0.1, 0.15) is 11.1 Å². The molecule has 0 saturated carbocycles. The molecular formula is C20H25F2N3O2. The van der Waals surface area contributed by atoms with E-state index in [1.165, 1.54) is 17.7 Å². The number of ether oxygens (including phenoxy) is 2. The molecule has 1 N–H and O–H groups in total. The van der Waals surface area contributed by atoms with Crippen LogP contribution in [0.3, 0.4) is 0 Å². The molecule has 0 unspecified atom stereocenters. The molecule has 0 aromatic heterocycles. The number of guanidine groups is 1. The van der Waals surface area contributed by atoms with E-state index in [0.29, 0.717) is 6.54 Å². The third-order valence-corrected chi connectivity index (χ3v) is 3.97. The Balaban J connectivity index is 1.85. The Bertz CT molecular complexity index is 736. The summed E-state index contributed by atoms with van der Waals surface area (Å²) < 4.78 is 34.0. The van der Waals surface area contributed by atoms with Crippen molar-refractivity contribution in [2.45, 2.75) is 19.6 Å². The van der Waals surface area contributed by atoms with Crippen LogP contribution < -0.4 is 14.8 Å². The van der Waals surface area contributed by atoms with Crippen LogP contribution in [0.4, 0.5) is 8.78 Å². The lowest BCUT2D eigenvalue weighted by Gasteiger charge is -2.22. The minimum atomic E-state index is -2.81. The summed E-state index contributed by atoms with van der Waals surface area (Å²) in [6.45, 7) is -1.50. The van der Waals surface area contributed by atoms with Crippen molar-refractivity contribution in [3.63, 3.8) is 0 Å². The maximum atomic E-state index is 12.2. The van der Waals surface area contributed by atoms with Gasteiger partial charge in [0, 0.05) is 27.2 Å². The van der Waals surface area contributed by atoms with E-state index in [9.17, 15) is 8.78 Å². The molecule has 7 heteroatoms. The Kier molecular flexibility index (Phi) is 7.85. The van der Waals surface area contributed by atoms with Crippen molar-refractivity contribution in [1.29, 1.82) is 0 Å². The molecule has 146 valence electrons. The van der Waals surface area contributed by atoms with Crippen molar-refractivity contribution < 1.29 is 18.3 Å². The molecule has 27 heavy (non-hydrogen) atoms. The number of aliphatic imine (C=N–C) groups is 1. The minimum absolute atomic E-state index is 0.150. The number of rotatable bonds is 8. The molecule has 0 radical (unpaired) electrons. The molecule has 0 aliphatic carbocycles. The highest BCUT2D eigenvalue weighted by atomic mass is 19.3. The highest BCUT2D eigenvalue weighted by molar-refractivity contribution is 5.79. The van der Waals surface area contributed by atoms with Crippen LogP contribution in [-0.4, -0.2) is 45.2 Å². The highest BCUT2D eigenvalue weighted by Crippen LogP contribution is 2.16. The van der Waals surface area contributed by atoms with Gasteiger partial charge >= 0.3 is 6.61 Å². The zero-order chi connectivity index (χ0) is 19.6. The summed E-state index contributed by atoms with van der Waals surface area (Å²) in [7, 11) is 5.30. The van der Waals surface area contributed by atoms with Gasteiger partial charge in [-0.25, -0.2) is 0 Å². The third kappa shape index (κ3) is 6.77. The first kappa shape index (κ1) is 20.5. The first-order chi connectivity index (χ1) is 13.0. The molecule has 0 aliphatic rings. The summed E-state index contributed by atoms with van der Waals surface area (Å²) in [4.78, 5) is 6.26. The van der Waals surface area contributed by atoms with E-state index in [1.54, 1.807) is 26.3 Å². The molecule has 2 aromatic carbocycles. The third-order valence-electron chi connectivity index (χ3n) is 3.97. The van der Waals surface area contributed by atoms with Crippen LogP contribution >= 0.6 is 0 Å². The van der Waals surface area contributed by atoms with E-state index < -0.39 is 6.61 Å². The van der Waals surface area contributed by atoms with Crippen LogP contribution in [0.15, 0.2) is 53.5 Å². The number of benzene rings is 2. The largest absolute Gasteiger partial charge is 0.497 e. The van der Waals surface area contributed by atoms with Gasteiger partial charge in [0.25, 0.3) is 0 Å². The molecule has 0 atom stereocenters. The topological polar surface area (TPSA) is 46.1 Å². The first-order valence-electron chi connectivity index (χ1n) is 8.60. The van der Waals surface area contributed by atoms with Crippen molar-refractivity contribution in [2.75, 3.05) is 27.7 Å². The van der Waals surface area contributed by atoms with Gasteiger partial charge in [-0.1, -0.05) is 24.3 Å². The number of hydrogen-bond acceptors (Lipinski definition) is 3. The zero-order valence-electron chi connectivity index (χ0n) is 15.8. The normalized spacial score (nSPS) is 11.4. The maximum Gasteiger partial charge on any atom is 0.387 e. The summed E-state index contributed by atoms with van der Waals surface area (Å²) in [6, 6.07) is 14.5. The van der Waals surface area contributed by atoms with Crippen LogP contribution in [0.2, 0.25) is 0 Å². The Hall–Kier alpha value is -2.83. The molecule has 5 nitrogen and oxygen atoms in total. The molecule has 0 heterocycles. The van der Waals surface area contributed by atoms with Crippen molar-refractivity contribution in [1.82, 2.24) is 10.2 Å². The quantitative estimate of drug-likeness (QED) is 0.565. The number of methoxy groups -OCH3 is 1. The van der Waals surface area contributed by atoms with E-state index >= 15 is 0 Å². The molecule has 2 aromatic rings. The van der Waals surface area contributed by atoms with Gasteiger partial charge < -0.3 is 19.7 Å². The number of hydrogen-bond donors (Lipinski definition) is 1. The first-order valence-corrected chi connectivity index (χ1v) is 8.60. The van der Waals surface area contributed by atoms with Crippen molar-refractivity contribution >= 4 is 5.96 Å². The Morgan fingerprint density at radius 1 is 1.11 bits per heavy atom. The van der Waals surface area contributed by atoms with Gasteiger partial charge in [-0.3, -0.25) is 4.99 Å². The fourth-order valence-electron chi connectivity index (χ4n) is 2.66. The fraction of sp³-hybridized carbons (Fsp3) is 0.350. The number of halogens is 2. The maximum absolute atomic E-state index is 12.2. The Morgan fingerprint density at radius 2 is 1.85 bits per heavy atom. The predicted molar refractivity (Wildman–Crippen MR) is 103 cm³/mol. The number of nitrogens with one attached hydrogen (secondary N) is 1. The second kappa shape index (κ2) is 10.4. The molecule has 0 spiro atoms. The lowest BCUT2D eigenvalue weighted by Crippen LogP contribution is -2.39. The van der Waals surface area contributed by atoms with E-state index in [1.807, 2.05) is 30.1 Å². The van der Waals surface area contributed by atoms with Crippen molar-refractivity contribution in [3.8, 4) is 11.5 Å². The summed E-state index contributed by atoms with van der Waals surface area (Å²) in [5.74, 6) is 1.75. The van der Waals surface area contributed by atoms with Gasteiger partial charge in [0.1, 0.15) is 11.5 Å². The fourth-order valence-corrected chi connectivity index (χ4v) is 2.66. The van der Waals surface area contributed by atoms with E-state index in [0.717, 1.165) is 30.2 Å². The van der Waals surface area contributed by atoms with Gasteiger partial charge in [0.2, 0.25) is 0 Å². The average Bonchev–Trinajstić information content (AvgIpc) is 2.66. The second-order valence-electron chi connectivity index (χ2n) is 5.95. The zero-order valence-corrected chi connectivity index (χ0v) is 15.8. The van der Waals surface area contributed by atoms with Gasteiger partial charge in [0.15, 0.2) is 5.96 Å². The summed E-state index contributed by atoms with van der Waals surface area (Å²) >= 11 is 0. The minimum Gasteiger partial charge on any atom is -0.497 e. The van der Waals surface area contributed by atoms with Gasteiger partial charge in [0.05, 0.1) is 7.11 Å². The van der Waals surface area contributed by atoms with E-state index in [4.69, 9.17) is 4.74 Å². The van der Waals surface area contributed by atoms with Crippen LogP contribution in [0.25, 0.3) is 0 Å². The monoisotopic (exact) mass is 377 g/mol. The van der Waals surface area contributed by atoms with Gasteiger partial charge in [-0.2, -0.15) is 8.78 Å². The van der Waals surface area contributed by atoms with Crippen LogP contribution in [0, 0.1) is 0 Å². The lowest BCUT2D eigenvalue weighted by molar-refractivity contribution is -0.0498. The van der Waals surface area contributed by atoms with E-state index in [2.05, 4.69) is 21.1 Å². The van der Waals surface area contributed by atoms with Crippen molar-refractivity contribution in [3.05, 3.63) is 59.7 Å². The number of alkyl halides is 2. The van der Waals surface area contributed by atoms with E-state index in [-0.39, 0.29) is 5.75 Å². The summed E-state index contributed by atoms with van der Waals surface area (Å²) in [6.07, 6.45) is 0.837. The Labute approximate surface area is 158 Å². The average molecular weight is 377 g/mol. The smallest absolute Gasteiger partial charge is 0.387 e.